The molecule has 16 heavy (non-hydrogen) atoms. The van der Waals surface area contributed by atoms with Crippen molar-refractivity contribution in [1.82, 2.24) is 10.2 Å². The second-order valence-corrected chi connectivity index (χ2v) is 3.89. The summed E-state index contributed by atoms with van der Waals surface area (Å²) in [7, 11) is 1.74. The number of rotatable bonds is 1. The van der Waals surface area contributed by atoms with E-state index in [-0.39, 0.29) is 11.8 Å². The van der Waals surface area contributed by atoms with Crippen LogP contribution in [0.4, 0.5) is 4.79 Å². The molecule has 0 atom stereocenters. The van der Waals surface area contributed by atoms with E-state index in [4.69, 9.17) is 0 Å². The van der Waals surface area contributed by atoms with Crippen molar-refractivity contribution in [2.45, 2.75) is 6.92 Å². The van der Waals surface area contributed by atoms with Crippen LogP contribution in [0.25, 0.3) is 5.70 Å². The molecule has 0 saturated carbocycles. The molecule has 1 aromatic carbocycles. The molecule has 0 aromatic heterocycles. The van der Waals surface area contributed by atoms with Crippen LogP contribution in [0.2, 0.25) is 0 Å². The Morgan fingerprint density at radius 2 is 1.94 bits per heavy atom. The Labute approximate surface area is 94.2 Å². The van der Waals surface area contributed by atoms with E-state index in [1.54, 1.807) is 24.1 Å². The van der Waals surface area contributed by atoms with Gasteiger partial charge < -0.3 is 10.4 Å². The predicted molar refractivity (Wildman–Crippen MR) is 61.9 cm³/mol. The molecule has 0 unspecified atom stereocenters. The summed E-state index contributed by atoms with van der Waals surface area (Å²) < 4.78 is 0. The number of carbonyl (C=O) groups is 1. The van der Waals surface area contributed by atoms with Crippen molar-refractivity contribution in [3.05, 3.63) is 35.4 Å². The molecule has 2 rings (SSSR count). The lowest BCUT2D eigenvalue weighted by atomic mass is 10.0. The number of benzene rings is 1. The number of hydrogen-bond acceptors (Lipinski definition) is 2. The number of amides is 2. The maximum Gasteiger partial charge on any atom is 0.321 e. The molecule has 4 heteroatoms. The molecule has 2 N–H and O–H groups in total. The van der Waals surface area contributed by atoms with Gasteiger partial charge in [0.05, 0.1) is 5.70 Å². The van der Waals surface area contributed by atoms with Crippen LogP contribution in [0.1, 0.15) is 12.5 Å². The fourth-order valence-corrected chi connectivity index (χ4v) is 1.86. The van der Waals surface area contributed by atoms with Crippen molar-refractivity contribution in [1.29, 1.82) is 0 Å². The molecule has 84 valence electrons. The van der Waals surface area contributed by atoms with Crippen LogP contribution in [0, 0.1) is 0 Å². The highest BCUT2D eigenvalue weighted by molar-refractivity contribution is 5.89. The Hall–Kier alpha value is -1.97. The lowest BCUT2D eigenvalue weighted by molar-refractivity contribution is 0.223. The molecule has 0 fully saturated rings. The summed E-state index contributed by atoms with van der Waals surface area (Å²) in [5, 5.41) is 12.0. The minimum Gasteiger partial charge on any atom is -0.508 e. The van der Waals surface area contributed by atoms with Crippen LogP contribution < -0.4 is 5.32 Å². The van der Waals surface area contributed by atoms with E-state index < -0.39 is 0 Å². The lowest BCUT2D eigenvalue weighted by Gasteiger charge is -2.28. The van der Waals surface area contributed by atoms with E-state index in [1.807, 2.05) is 19.1 Å². The molecular weight excluding hydrogens is 204 g/mol. The van der Waals surface area contributed by atoms with Gasteiger partial charge in [-0.3, -0.25) is 4.90 Å². The Bertz CT molecular complexity index is 449. The smallest absolute Gasteiger partial charge is 0.321 e. The van der Waals surface area contributed by atoms with E-state index in [9.17, 15) is 9.90 Å². The van der Waals surface area contributed by atoms with E-state index in [0.717, 1.165) is 16.8 Å². The third-order valence-corrected chi connectivity index (χ3v) is 2.69. The van der Waals surface area contributed by atoms with Gasteiger partial charge in [-0.15, -0.1) is 0 Å². The van der Waals surface area contributed by atoms with E-state index >= 15 is 0 Å². The van der Waals surface area contributed by atoms with Crippen molar-refractivity contribution in [2.24, 2.45) is 0 Å². The molecule has 0 aliphatic carbocycles. The average Bonchev–Trinajstić information content (AvgIpc) is 2.27. The van der Waals surface area contributed by atoms with Gasteiger partial charge in [-0.1, -0.05) is 0 Å². The van der Waals surface area contributed by atoms with Gasteiger partial charge >= 0.3 is 6.03 Å². The molecule has 0 bridgehead atoms. The third-order valence-electron chi connectivity index (χ3n) is 2.69. The fourth-order valence-electron chi connectivity index (χ4n) is 1.86. The van der Waals surface area contributed by atoms with Crippen molar-refractivity contribution in [2.75, 3.05) is 13.6 Å². The van der Waals surface area contributed by atoms with Gasteiger partial charge in [0.1, 0.15) is 5.75 Å². The maximum absolute atomic E-state index is 11.5. The van der Waals surface area contributed by atoms with Gasteiger partial charge in [-0.25, -0.2) is 4.79 Å². The average molecular weight is 218 g/mol. The summed E-state index contributed by atoms with van der Waals surface area (Å²) in [5.41, 5.74) is 2.95. The summed E-state index contributed by atoms with van der Waals surface area (Å²) in [5.74, 6) is 0.227. The summed E-state index contributed by atoms with van der Waals surface area (Å²) >= 11 is 0. The van der Waals surface area contributed by atoms with Gasteiger partial charge in [0.25, 0.3) is 0 Å². The van der Waals surface area contributed by atoms with E-state index in [0.29, 0.717) is 6.54 Å². The number of carbonyl (C=O) groups excluding carboxylic acids is 1. The largest absolute Gasteiger partial charge is 0.508 e. The summed E-state index contributed by atoms with van der Waals surface area (Å²) in [6, 6.07) is 6.76. The Balaban J connectivity index is 2.45. The number of hydrogen-bond donors (Lipinski definition) is 2. The van der Waals surface area contributed by atoms with Crippen LogP contribution in [0.5, 0.6) is 5.75 Å². The summed E-state index contributed by atoms with van der Waals surface area (Å²) in [6.07, 6.45) is 0. The van der Waals surface area contributed by atoms with Crippen LogP contribution in [0.3, 0.4) is 0 Å². The Morgan fingerprint density at radius 1 is 1.31 bits per heavy atom. The molecule has 1 aliphatic rings. The summed E-state index contributed by atoms with van der Waals surface area (Å²) in [6.45, 7) is 2.55. The standard InChI is InChI=1S/C12H14N2O2/c1-8-7-13-12(16)14(2)11(8)9-3-5-10(15)6-4-9/h3-6,15H,7H2,1-2H3,(H,13,16). The van der Waals surface area contributed by atoms with Gasteiger partial charge in [-0.2, -0.15) is 0 Å². The Kier molecular flexibility index (Phi) is 2.56. The number of urea groups is 1. The van der Waals surface area contributed by atoms with Crippen molar-refractivity contribution in [3.63, 3.8) is 0 Å². The first kappa shape index (κ1) is 10.5. The van der Waals surface area contributed by atoms with E-state index in [1.165, 1.54) is 0 Å². The molecular formula is C12H14N2O2. The normalized spacial score (nSPS) is 16.4. The van der Waals surface area contributed by atoms with Gasteiger partial charge in [-0.05, 0) is 42.3 Å². The quantitative estimate of drug-likeness (QED) is 0.755. The van der Waals surface area contributed by atoms with Crippen molar-refractivity contribution >= 4 is 11.7 Å². The number of phenolic OH excluding ortho intramolecular Hbond substituents is 1. The van der Waals surface area contributed by atoms with Crippen LogP contribution >= 0.6 is 0 Å². The first-order valence-corrected chi connectivity index (χ1v) is 5.10. The van der Waals surface area contributed by atoms with Crippen LogP contribution in [-0.4, -0.2) is 29.6 Å². The van der Waals surface area contributed by atoms with E-state index in [2.05, 4.69) is 5.32 Å². The SMILES string of the molecule is CC1=C(c2ccc(O)cc2)N(C)C(=O)NC1. The zero-order valence-electron chi connectivity index (χ0n) is 9.32. The minimum absolute atomic E-state index is 0.103. The molecule has 4 nitrogen and oxygen atoms in total. The second kappa shape index (κ2) is 3.89. The molecule has 0 spiro atoms. The van der Waals surface area contributed by atoms with Crippen LogP contribution in [0.15, 0.2) is 29.8 Å². The fraction of sp³-hybridized carbons (Fsp3) is 0.250. The van der Waals surface area contributed by atoms with Crippen molar-refractivity contribution < 1.29 is 9.90 Å². The third kappa shape index (κ3) is 1.74. The number of nitrogens with zero attached hydrogens (tertiary/aromatic N) is 1. The molecule has 2 amide bonds. The van der Waals surface area contributed by atoms with Crippen LogP contribution in [-0.2, 0) is 0 Å². The highest BCUT2D eigenvalue weighted by Crippen LogP contribution is 2.25. The lowest BCUT2D eigenvalue weighted by Crippen LogP contribution is -2.41. The number of aromatic hydroxyl groups is 1. The molecule has 0 radical (unpaired) electrons. The maximum atomic E-state index is 11.5. The zero-order valence-corrected chi connectivity index (χ0v) is 9.32. The molecule has 1 aromatic rings. The molecule has 0 saturated heterocycles. The minimum atomic E-state index is -0.103. The second-order valence-electron chi connectivity index (χ2n) is 3.89. The van der Waals surface area contributed by atoms with Gasteiger partial charge in [0, 0.05) is 13.6 Å². The molecule has 1 heterocycles. The zero-order chi connectivity index (χ0) is 11.7. The number of phenols is 1. The van der Waals surface area contributed by atoms with Gasteiger partial charge in [0.2, 0.25) is 0 Å². The highest BCUT2D eigenvalue weighted by atomic mass is 16.3. The highest BCUT2D eigenvalue weighted by Gasteiger charge is 2.21. The molecule has 1 aliphatic heterocycles. The Morgan fingerprint density at radius 3 is 2.56 bits per heavy atom. The van der Waals surface area contributed by atoms with Gasteiger partial charge in [0.15, 0.2) is 0 Å². The first-order chi connectivity index (χ1) is 7.59. The monoisotopic (exact) mass is 218 g/mol. The van der Waals surface area contributed by atoms with Crippen molar-refractivity contribution in [3.8, 4) is 5.75 Å². The predicted octanol–water partition coefficient (Wildman–Crippen LogP) is 1.78. The number of nitrogens with one attached hydrogen (secondary N) is 1. The first-order valence-electron chi connectivity index (χ1n) is 5.10. The topological polar surface area (TPSA) is 52.6 Å². The summed E-state index contributed by atoms with van der Waals surface area (Å²) in [4.78, 5) is 13.1.